The molecule has 0 atom stereocenters. The van der Waals surface area contributed by atoms with E-state index < -0.39 is 5.85 Å². The Kier molecular flexibility index (Phi) is 5.13. The molecule has 31 heavy (non-hydrogen) atoms. The number of benzene rings is 3. The maximum atomic E-state index is 13.1. The number of nitrogens with zero attached hydrogens (tertiary/aromatic N) is 3. The lowest BCUT2D eigenvalue weighted by Crippen LogP contribution is -2.56. The summed E-state index contributed by atoms with van der Waals surface area (Å²) < 4.78 is 6.24. The predicted molar refractivity (Wildman–Crippen MR) is 127 cm³/mol. The zero-order valence-corrected chi connectivity index (χ0v) is 19.0. The molecule has 0 bridgehead atoms. The summed E-state index contributed by atoms with van der Waals surface area (Å²) in [5.41, 5.74) is 6.65. The number of anilines is 3. The van der Waals surface area contributed by atoms with Crippen LogP contribution < -0.4 is 14.7 Å². The van der Waals surface area contributed by atoms with E-state index in [1.54, 1.807) is 0 Å². The number of esters is 1. The third-order valence-corrected chi connectivity index (χ3v) is 6.08. The molecule has 0 unspecified atom stereocenters. The third kappa shape index (κ3) is 3.40. The lowest BCUT2D eigenvalue weighted by Gasteiger charge is -2.46. The normalized spacial score (nSPS) is 14.1. The summed E-state index contributed by atoms with van der Waals surface area (Å²) in [6, 6.07) is 22.4. The fourth-order valence-corrected chi connectivity index (χ4v) is 4.11. The van der Waals surface area contributed by atoms with Crippen LogP contribution in [-0.4, -0.2) is 34.2 Å². The molecule has 0 saturated heterocycles. The van der Waals surface area contributed by atoms with Crippen molar-refractivity contribution in [3.63, 3.8) is 0 Å². The van der Waals surface area contributed by atoms with Crippen molar-refractivity contribution >= 4 is 23.0 Å². The second-order valence-corrected chi connectivity index (χ2v) is 8.41. The van der Waals surface area contributed by atoms with Crippen molar-refractivity contribution in [2.24, 2.45) is 0 Å². The Morgan fingerprint density at radius 2 is 1.13 bits per heavy atom. The van der Waals surface area contributed by atoms with Gasteiger partial charge in [0.15, 0.2) is 0 Å². The van der Waals surface area contributed by atoms with E-state index in [2.05, 4.69) is 62.4 Å². The summed E-state index contributed by atoms with van der Waals surface area (Å²) in [6.07, 6.45) is 0. The Morgan fingerprint density at radius 1 is 0.677 bits per heavy atom. The van der Waals surface area contributed by atoms with Crippen molar-refractivity contribution in [3.8, 4) is 0 Å². The molecule has 0 aliphatic carbocycles. The number of fused-ring (bicyclic) bond motifs is 1. The molecule has 0 N–H and O–H groups in total. The number of aryl methyl sites for hydroxylation is 2. The topological polar surface area (TPSA) is 36.0 Å². The average Bonchev–Trinajstić information content (AvgIpc) is 3.06. The molecule has 1 aliphatic heterocycles. The van der Waals surface area contributed by atoms with Gasteiger partial charge in [-0.15, -0.1) is 0 Å². The summed E-state index contributed by atoms with van der Waals surface area (Å²) in [4.78, 5) is 19.2. The summed E-state index contributed by atoms with van der Waals surface area (Å²) in [5, 5.41) is 0. The molecule has 1 aliphatic rings. The first-order valence-corrected chi connectivity index (χ1v) is 10.4. The van der Waals surface area contributed by atoms with Crippen LogP contribution in [-0.2, 0) is 10.6 Å². The molecule has 0 spiro atoms. The van der Waals surface area contributed by atoms with Gasteiger partial charge in [-0.1, -0.05) is 35.4 Å². The minimum absolute atomic E-state index is 0.323. The first-order chi connectivity index (χ1) is 14.7. The fourth-order valence-electron chi connectivity index (χ4n) is 4.11. The number of ether oxygens (including phenoxy) is 1. The number of hydrogen-bond acceptors (Lipinski definition) is 5. The van der Waals surface area contributed by atoms with Crippen LogP contribution in [0.15, 0.2) is 66.7 Å². The van der Waals surface area contributed by atoms with Gasteiger partial charge >= 0.3 is 5.97 Å². The van der Waals surface area contributed by atoms with E-state index >= 15 is 0 Å². The number of carbonyl (C=O) groups excluding carboxylic acids is 1. The highest BCUT2D eigenvalue weighted by molar-refractivity contribution is 5.97. The van der Waals surface area contributed by atoms with Crippen LogP contribution in [0.5, 0.6) is 0 Å². The van der Waals surface area contributed by atoms with E-state index in [0.29, 0.717) is 5.56 Å². The second kappa shape index (κ2) is 7.65. The second-order valence-electron chi connectivity index (χ2n) is 8.41. The highest BCUT2D eigenvalue weighted by atomic mass is 16.6. The maximum absolute atomic E-state index is 13.1. The largest absolute Gasteiger partial charge is 0.411 e. The van der Waals surface area contributed by atoms with Gasteiger partial charge < -0.3 is 19.4 Å². The average molecular weight is 416 g/mol. The zero-order chi connectivity index (χ0) is 22.3. The minimum atomic E-state index is -1.11. The predicted octanol–water partition coefficient (Wildman–Crippen LogP) is 4.92. The van der Waals surface area contributed by atoms with E-state index in [1.807, 2.05) is 61.1 Å². The van der Waals surface area contributed by atoms with Gasteiger partial charge in [0, 0.05) is 45.3 Å². The molecular formula is C26H29N3O2. The number of carbonyl (C=O) groups is 1. The molecule has 1 heterocycles. The smallest absolute Gasteiger partial charge is 0.342 e. The monoisotopic (exact) mass is 415 g/mol. The van der Waals surface area contributed by atoms with Crippen LogP contribution in [0.3, 0.4) is 0 Å². The molecular weight excluding hydrogens is 386 g/mol. The molecule has 5 nitrogen and oxygen atoms in total. The Bertz CT molecular complexity index is 1050. The van der Waals surface area contributed by atoms with Crippen molar-refractivity contribution < 1.29 is 9.53 Å². The molecule has 160 valence electrons. The van der Waals surface area contributed by atoms with Crippen molar-refractivity contribution in [2.45, 2.75) is 19.7 Å². The van der Waals surface area contributed by atoms with E-state index in [9.17, 15) is 4.79 Å². The molecule has 0 amide bonds. The van der Waals surface area contributed by atoms with Crippen LogP contribution in [0, 0.1) is 13.8 Å². The Balaban J connectivity index is 1.92. The highest BCUT2D eigenvalue weighted by Gasteiger charge is 2.53. The lowest BCUT2D eigenvalue weighted by molar-refractivity contribution is -0.00719. The van der Waals surface area contributed by atoms with Gasteiger partial charge in [-0.3, -0.25) is 0 Å². The Hall–Kier alpha value is -3.47. The third-order valence-electron chi connectivity index (χ3n) is 6.08. The molecule has 0 aromatic heterocycles. The van der Waals surface area contributed by atoms with Gasteiger partial charge in [-0.05, 0) is 56.3 Å². The van der Waals surface area contributed by atoms with Crippen LogP contribution >= 0.6 is 0 Å². The molecule has 3 aromatic carbocycles. The van der Waals surface area contributed by atoms with Crippen molar-refractivity contribution in [2.75, 3.05) is 42.9 Å². The van der Waals surface area contributed by atoms with Crippen LogP contribution in [0.1, 0.15) is 27.0 Å². The van der Waals surface area contributed by atoms with Gasteiger partial charge in [-0.25, -0.2) is 4.79 Å². The fraction of sp³-hybridized carbons (Fsp3) is 0.269. The van der Waals surface area contributed by atoms with E-state index in [4.69, 9.17) is 4.74 Å². The first kappa shape index (κ1) is 20.8. The van der Waals surface area contributed by atoms with Gasteiger partial charge in [-0.2, -0.15) is 0 Å². The van der Waals surface area contributed by atoms with Gasteiger partial charge in [0.25, 0.3) is 5.85 Å². The molecule has 3 aromatic rings. The van der Waals surface area contributed by atoms with Crippen molar-refractivity contribution in [3.05, 3.63) is 89.0 Å². The van der Waals surface area contributed by atoms with Crippen molar-refractivity contribution in [1.29, 1.82) is 0 Å². The summed E-state index contributed by atoms with van der Waals surface area (Å²) in [7, 11) is 7.87. The van der Waals surface area contributed by atoms with Crippen LogP contribution in [0.2, 0.25) is 0 Å². The number of rotatable bonds is 5. The van der Waals surface area contributed by atoms with Gasteiger partial charge in [0.2, 0.25) is 0 Å². The molecule has 0 radical (unpaired) electrons. The summed E-state index contributed by atoms with van der Waals surface area (Å²) >= 11 is 0. The van der Waals surface area contributed by atoms with E-state index in [0.717, 1.165) is 22.6 Å². The Morgan fingerprint density at radius 3 is 1.58 bits per heavy atom. The van der Waals surface area contributed by atoms with Crippen LogP contribution in [0.4, 0.5) is 17.1 Å². The standard InChI is InChI=1S/C26H29N3O2/c1-18-7-11-20(12-8-18)28(5)26(29(6)21-13-9-19(2)10-14-21)24-16-15-22(27(3)4)17-23(24)25(30)31-26/h7-17H,1-6H3. The Labute approximate surface area is 184 Å². The zero-order valence-electron chi connectivity index (χ0n) is 19.0. The molecule has 0 fully saturated rings. The molecule has 4 rings (SSSR count). The number of hydrogen-bond donors (Lipinski definition) is 0. The maximum Gasteiger partial charge on any atom is 0.342 e. The summed E-state index contributed by atoms with van der Waals surface area (Å²) in [6.45, 7) is 4.12. The minimum Gasteiger partial charge on any atom is -0.411 e. The van der Waals surface area contributed by atoms with Gasteiger partial charge in [0.1, 0.15) is 0 Å². The number of cyclic esters (lactones) is 1. The molecule has 5 heteroatoms. The van der Waals surface area contributed by atoms with Crippen LogP contribution in [0.25, 0.3) is 0 Å². The first-order valence-electron chi connectivity index (χ1n) is 10.4. The van der Waals surface area contributed by atoms with Gasteiger partial charge in [0.05, 0.1) is 11.1 Å². The highest BCUT2D eigenvalue weighted by Crippen LogP contribution is 2.45. The van der Waals surface area contributed by atoms with Crippen molar-refractivity contribution in [1.82, 2.24) is 0 Å². The van der Waals surface area contributed by atoms with E-state index in [1.165, 1.54) is 11.1 Å². The molecule has 0 saturated carbocycles. The quantitative estimate of drug-likeness (QED) is 0.437. The lowest BCUT2D eigenvalue weighted by atomic mass is 10.0. The van der Waals surface area contributed by atoms with E-state index in [-0.39, 0.29) is 5.97 Å². The SMILES string of the molecule is Cc1ccc(N(C)C2(N(C)c3ccc(C)cc3)OC(=O)c3cc(N(C)C)ccc32)cc1. The summed E-state index contributed by atoms with van der Waals surface area (Å²) in [5.74, 6) is -1.43.